The van der Waals surface area contributed by atoms with Crippen LogP contribution in [0.25, 0.3) is 0 Å². The van der Waals surface area contributed by atoms with Gasteiger partial charge in [0.05, 0.1) is 42.9 Å². The Bertz CT molecular complexity index is 1680. The zero-order chi connectivity index (χ0) is 31.5. The lowest BCUT2D eigenvalue weighted by Gasteiger charge is -2.45. The Kier molecular flexibility index (Phi) is 8.96. The van der Waals surface area contributed by atoms with E-state index < -0.39 is 5.60 Å². The third-order valence-electron chi connectivity index (χ3n) is 9.26. The second-order valence-corrected chi connectivity index (χ2v) is 13.0. The van der Waals surface area contributed by atoms with Crippen molar-refractivity contribution in [3.05, 3.63) is 112 Å². The third kappa shape index (κ3) is 5.98. The van der Waals surface area contributed by atoms with Crippen molar-refractivity contribution in [1.29, 1.82) is 5.26 Å². The lowest BCUT2D eigenvalue weighted by Crippen LogP contribution is -2.46. The fourth-order valence-electron chi connectivity index (χ4n) is 6.95. The Morgan fingerprint density at radius 1 is 0.978 bits per heavy atom. The molecule has 46 heavy (non-hydrogen) atoms. The Hall–Kier alpha value is -3.94. The molecule has 0 radical (unpaired) electrons. The number of nitriles is 1. The number of ether oxygens (including phenoxy) is 3. The predicted molar refractivity (Wildman–Crippen MR) is 180 cm³/mol. The van der Waals surface area contributed by atoms with E-state index in [-0.39, 0.29) is 6.10 Å². The summed E-state index contributed by atoms with van der Waals surface area (Å²) in [4.78, 5) is 14.6. The minimum absolute atomic E-state index is 0.164. The molecule has 9 heteroatoms. The smallest absolute Gasteiger partial charge is 0.189 e. The van der Waals surface area contributed by atoms with Gasteiger partial charge < -0.3 is 24.0 Å². The van der Waals surface area contributed by atoms with Gasteiger partial charge in [-0.1, -0.05) is 78.5 Å². The molecule has 1 saturated heterocycles. The average molecular weight is 634 g/mol. The first kappa shape index (κ1) is 30.7. The molecule has 0 bridgehead atoms. The second kappa shape index (κ2) is 13.4. The van der Waals surface area contributed by atoms with E-state index in [0.717, 1.165) is 65.2 Å². The van der Waals surface area contributed by atoms with Crippen LogP contribution in [-0.4, -0.2) is 49.1 Å². The Morgan fingerprint density at radius 2 is 1.72 bits per heavy atom. The monoisotopic (exact) mass is 633 g/mol. The zero-order valence-corrected chi connectivity index (χ0v) is 27.3. The molecule has 0 N–H and O–H groups in total. The SMILES string of the molecule is CSc1nc2c(c(N3CCCOCC3)n1)COC1(COC(C)c3ccc(N(Cc4ccccc4)Cc4ccccc4)c(C#N)c31)C2. The first-order valence-corrected chi connectivity index (χ1v) is 17.2. The van der Waals surface area contributed by atoms with E-state index in [1.807, 2.05) is 18.4 Å². The van der Waals surface area contributed by atoms with Crippen molar-refractivity contribution >= 4 is 23.3 Å². The van der Waals surface area contributed by atoms with Crippen LogP contribution in [0.15, 0.2) is 78.0 Å². The van der Waals surface area contributed by atoms with Crippen molar-refractivity contribution in [3.8, 4) is 6.07 Å². The first-order valence-electron chi connectivity index (χ1n) is 16.0. The highest BCUT2D eigenvalue weighted by atomic mass is 32.2. The molecule has 1 aromatic heterocycles. The lowest BCUT2D eigenvalue weighted by molar-refractivity contribution is -0.148. The van der Waals surface area contributed by atoms with Gasteiger partial charge in [0.2, 0.25) is 0 Å². The molecule has 7 rings (SSSR count). The molecule has 2 atom stereocenters. The standard InChI is InChI=1S/C37H39N5O3S/c1-26-29-14-15-33(42(22-27-10-5-3-6-11-27)23-28-12-7-4-8-13-28)30(21-38)34(29)37(25-44-26)20-32-31(24-45-37)35(40-36(39-32)46-2)41-16-9-18-43-19-17-41/h3-8,10-15,26H,9,16-20,22-25H2,1-2H3. The van der Waals surface area contributed by atoms with Crippen molar-refractivity contribution in [3.63, 3.8) is 0 Å². The van der Waals surface area contributed by atoms with Crippen LogP contribution in [0.2, 0.25) is 0 Å². The maximum absolute atomic E-state index is 11.0. The molecule has 8 nitrogen and oxygen atoms in total. The lowest BCUT2D eigenvalue weighted by atomic mass is 9.77. The Morgan fingerprint density at radius 3 is 2.41 bits per heavy atom. The van der Waals surface area contributed by atoms with Gasteiger partial charge in [-0.05, 0) is 42.4 Å². The van der Waals surface area contributed by atoms with Gasteiger partial charge in [-0.2, -0.15) is 5.26 Å². The van der Waals surface area contributed by atoms with E-state index in [1.54, 1.807) is 11.8 Å². The van der Waals surface area contributed by atoms with Crippen molar-refractivity contribution in [2.45, 2.75) is 56.3 Å². The average Bonchev–Trinajstić information content (AvgIpc) is 3.39. The summed E-state index contributed by atoms with van der Waals surface area (Å²) in [5.41, 5.74) is 6.98. The molecule has 2 unspecified atom stereocenters. The fraction of sp³-hybridized carbons (Fsp3) is 0.378. The van der Waals surface area contributed by atoms with Crippen LogP contribution < -0.4 is 9.80 Å². The molecule has 3 aliphatic rings. The van der Waals surface area contributed by atoms with Crippen molar-refractivity contribution in [2.24, 2.45) is 0 Å². The van der Waals surface area contributed by atoms with Crippen LogP contribution in [0.1, 0.15) is 58.5 Å². The highest BCUT2D eigenvalue weighted by Gasteiger charge is 2.47. The maximum atomic E-state index is 11.0. The molecular weight excluding hydrogens is 595 g/mol. The molecule has 3 aromatic carbocycles. The minimum atomic E-state index is -0.843. The number of hydrogen-bond acceptors (Lipinski definition) is 9. The molecule has 4 aromatic rings. The Balaban J connectivity index is 1.33. The van der Waals surface area contributed by atoms with Gasteiger partial charge in [0.1, 0.15) is 17.5 Å². The summed E-state index contributed by atoms with van der Waals surface area (Å²) in [6, 6.07) is 27.7. The number of thioether (sulfide) groups is 1. The molecule has 3 aliphatic heterocycles. The van der Waals surface area contributed by atoms with Gasteiger partial charge in [0, 0.05) is 50.3 Å². The van der Waals surface area contributed by atoms with Gasteiger partial charge in [0.25, 0.3) is 0 Å². The molecule has 0 amide bonds. The number of hydrogen-bond donors (Lipinski definition) is 0. The van der Waals surface area contributed by atoms with Gasteiger partial charge in [0.15, 0.2) is 5.16 Å². The summed E-state index contributed by atoms with van der Waals surface area (Å²) in [6.07, 6.45) is 3.31. The van der Waals surface area contributed by atoms with Crippen molar-refractivity contribution < 1.29 is 14.2 Å². The first-order chi connectivity index (χ1) is 22.6. The largest absolute Gasteiger partial charge is 0.380 e. The molecular formula is C37H39N5O3S. The van der Waals surface area contributed by atoms with Crippen LogP contribution in [0.4, 0.5) is 11.5 Å². The number of benzene rings is 3. The van der Waals surface area contributed by atoms with Crippen LogP contribution in [0, 0.1) is 11.3 Å². The van der Waals surface area contributed by atoms with Gasteiger partial charge in [-0.25, -0.2) is 9.97 Å². The second-order valence-electron chi connectivity index (χ2n) is 12.2. The van der Waals surface area contributed by atoms with E-state index >= 15 is 0 Å². The summed E-state index contributed by atoms with van der Waals surface area (Å²) >= 11 is 1.55. The van der Waals surface area contributed by atoms with E-state index in [0.29, 0.717) is 44.9 Å². The van der Waals surface area contributed by atoms with Crippen molar-refractivity contribution in [1.82, 2.24) is 9.97 Å². The number of rotatable bonds is 7. The zero-order valence-electron chi connectivity index (χ0n) is 26.4. The molecule has 0 saturated carbocycles. The third-order valence-corrected chi connectivity index (χ3v) is 9.81. The topological polar surface area (TPSA) is 83.7 Å². The predicted octanol–water partition coefficient (Wildman–Crippen LogP) is 6.56. The molecule has 0 aliphatic carbocycles. The fourth-order valence-corrected chi connectivity index (χ4v) is 7.33. The summed E-state index contributed by atoms with van der Waals surface area (Å²) in [5.74, 6) is 0.936. The van der Waals surface area contributed by atoms with Gasteiger partial charge in [-0.3, -0.25) is 0 Å². The van der Waals surface area contributed by atoms with Gasteiger partial charge >= 0.3 is 0 Å². The van der Waals surface area contributed by atoms with Crippen LogP contribution in [-0.2, 0) is 45.9 Å². The summed E-state index contributed by atoms with van der Waals surface area (Å²) in [7, 11) is 0. The van der Waals surface area contributed by atoms with E-state index in [4.69, 9.17) is 24.2 Å². The molecule has 4 heterocycles. The van der Waals surface area contributed by atoms with Crippen LogP contribution >= 0.6 is 11.8 Å². The molecule has 1 spiro atoms. The highest BCUT2D eigenvalue weighted by Crippen LogP contribution is 2.48. The van der Waals surface area contributed by atoms with Crippen LogP contribution in [0.3, 0.4) is 0 Å². The van der Waals surface area contributed by atoms with E-state index in [1.165, 1.54) is 11.1 Å². The Labute approximate surface area is 275 Å². The number of aromatic nitrogens is 2. The van der Waals surface area contributed by atoms with Crippen LogP contribution in [0.5, 0.6) is 0 Å². The normalized spacial score (nSPS) is 20.8. The quantitative estimate of drug-likeness (QED) is 0.166. The minimum Gasteiger partial charge on any atom is -0.380 e. The number of nitrogens with zero attached hydrogens (tertiary/aromatic N) is 5. The summed E-state index contributed by atoms with van der Waals surface area (Å²) in [6.45, 7) is 7.19. The van der Waals surface area contributed by atoms with Gasteiger partial charge in [-0.15, -0.1) is 0 Å². The maximum Gasteiger partial charge on any atom is 0.189 e. The van der Waals surface area contributed by atoms with E-state index in [9.17, 15) is 5.26 Å². The molecule has 1 fully saturated rings. The van der Waals surface area contributed by atoms with Crippen molar-refractivity contribution in [2.75, 3.05) is 49.0 Å². The van der Waals surface area contributed by atoms with E-state index in [2.05, 4.69) is 83.5 Å². The number of anilines is 2. The highest BCUT2D eigenvalue weighted by molar-refractivity contribution is 7.98. The summed E-state index contributed by atoms with van der Waals surface area (Å²) in [5, 5.41) is 11.7. The molecule has 236 valence electrons. The summed E-state index contributed by atoms with van der Waals surface area (Å²) < 4.78 is 19.1. The number of fused-ring (bicyclic) bond motifs is 3.